The van der Waals surface area contributed by atoms with Crippen LogP contribution in [-0.4, -0.2) is 26.2 Å². The molecular weight excluding hydrogens is 264 g/mol. The lowest BCUT2D eigenvalue weighted by Gasteiger charge is -2.20. The normalized spacial score (nSPS) is 12.0. The van der Waals surface area contributed by atoms with Gasteiger partial charge in [0, 0.05) is 17.5 Å². The van der Waals surface area contributed by atoms with Gasteiger partial charge >= 0.3 is 6.03 Å². The standard InChI is InChI=1S/C13H20N2O3S/c1-13(2,3)15-12(16)14-11-7-5-6-10(8-11)9-19(4,17)18/h5-8H,9H2,1-4H3,(H2,14,15,16). The highest BCUT2D eigenvalue weighted by molar-refractivity contribution is 7.89. The molecule has 106 valence electrons. The number of nitrogens with one attached hydrogen (secondary N) is 2. The fraction of sp³-hybridized carbons (Fsp3) is 0.462. The summed E-state index contributed by atoms with van der Waals surface area (Å²) in [7, 11) is -3.08. The maximum absolute atomic E-state index is 11.7. The van der Waals surface area contributed by atoms with Gasteiger partial charge in [0.25, 0.3) is 0 Å². The first-order valence-corrected chi connectivity index (χ1v) is 7.97. The Balaban J connectivity index is 2.75. The molecule has 0 radical (unpaired) electrons. The van der Waals surface area contributed by atoms with Gasteiger partial charge in [-0.1, -0.05) is 12.1 Å². The van der Waals surface area contributed by atoms with Gasteiger partial charge in [0.2, 0.25) is 0 Å². The van der Waals surface area contributed by atoms with Crippen LogP contribution in [0.15, 0.2) is 24.3 Å². The van der Waals surface area contributed by atoms with Crippen molar-refractivity contribution in [1.82, 2.24) is 5.32 Å². The Kier molecular flexibility index (Phi) is 4.57. The van der Waals surface area contributed by atoms with Gasteiger partial charge in [-0.05, 0) is 38.5 Å². The van der Waals surface area contributed by atoms with E-state index in [-0.39, 0.29) is 17.3 Å². The molecule has 0 unspecified atom stereocenters. The molecule has 0 aliphatic carbocycles. The van der Waals surface area contributed by atoms with Crippen molar-refractivity contribution in [3.8, 4) is 0 Å². The van der Waals surface area contributed by atoms with Crippen molar-refractivity contribution in [2.24, 2.45) is 0 Å². The first-order valence-electron chi connectivity index (χ1n) is 5.91. The molecule has 0 spiro atoms. The molecule has 2 amide bonds. The van der Waals surface area contributed by atoms with E-state index < -0.39 is 9.84 Å². The molecule has 0 saturated heterocycles. The molecule has 5 nitrogen and oxygen atoms in total. The van der Waals surface area contributed by atoms with Crippen LogP contribution in [0, 0.1) is 0 Å². The highest BCUT2D eigenvalue weighted by atomic mass is 32.2. The second-order valence-electron chi connectivity index (χ2n) is 5.60. The predicted molar refractivity (Wildman–Crippen MR) is 76.9 cm³/mol. The molecule has 19 heavy (non-hydrogen) atoms. The summed E-state index contributed by atoms with van der Waals surface area (Å²) in [4.78, 5) is 11.7. The second kappa shape index (κ2) is 5.61. The van der Waals surface area contributed by atoms with Gasteiger partial charge in [-0.25, -0.2) is 13.2 Å². The lowest BCUT2D eigenvalue weighted by molar-refractivity contribution is 0.244. The first kappa shape index (κ1) is 15.5. The molecule has 6 heteroatoms. The quantitative estimate of drug-likeness (QED) is 0.893. The molecule has 0 fully saturated rings. The largest absolute Gasteiger partial charge is 0.333 e. The van der Waals surface area contributed by atoms with Crippen LogP contribution in [0.25, 0.3) is 0 Å². The third-order valence-corrected chi connectivity index (χ3v) is 2.96. The minimum absolute atomic E-state index is 0.0383. The first-order chi connectivity index (χ1) is 8.55. The highest BCUT2D eigenvalue weighted by Crippen LogP contribution is 2.13. The van der Waals surface area contributed by atoms with Crippen molar-refractivity contribution >= 4 is 21.6 Å². The minimum Gasteiger partial charge on any atom is -0.333 e. The lowest BCUT2D eigenvalue weighted by Crippen LogP contribution is -2.43. The van der Waals surface area contributed by atoms with Crippen LogP contribution >= 0.6 is 0 Å². The summed E-state index contributed by atoms with van der Waals surface area (Å²) in [5.74, 6) is -0.0383. The molecule has 1 rings (SSSR count). The molecular formula is C13H20N2O3S. The monoisotopic (exact) mass is 284 g/mol. The molecule has 1 aromatic carbocycles. The number of hydrogen-bond donors (Lipinski definition) is 2. The van der Waals surface area contributed by atoms with E-state index in [9.17, 15) is 13.2 Å². The Labute approximate surface area is 114 Å². The third kappa shape index (κ3) is 6.81. The predicted octanol–water partition coefficient (Wildman–Crippen LogP) is 2.15. The van der Waals surface area contributed by atoms with Crippen molar-refractivity contribution in [1.29, 1.82) is 0 Å². The molecule has 0 aliphatic rings. The zero-order chi connectivity index (χ0) is 14.7. The van der Waals surface area contributed by atoms with Crippen LogP contribution in [0.5, 0.6) is 0 Å². The van der Waals surface area contributed by atoms with Crippen LogP contribution in [0.1, 0.15) is 26.3 Å². The maximum Gasteiger partial charge on any atom is 0.319 e. The van der Waals surface area contributed by atoms with E-state index in [4.69, 9.17) is 0 Å². The smallest absolute Gasteiger partial charge is 0.319 e. The Bertz CT molecular complexity index is 559. The number of sulfone groups is 1. The number of carbonyl (C=O) groups is 1. The fourth-order valence-corrected chi connectivity index (χ4v) is 2.33. The SMILES string of the molecule is CC(C)(C)NC(=O)Nc1cccc(CS(C)(=O)=O)c1. The Morgan fingerprint density at radius 1 is 1.26 bits per heavy atom. The number of hydrogen-bond acceptors (Lipinski definition) is 3. The van der Waals surface area contributed by atoms with Gasteiger partial charge in [-0.15, -0.1) is 0 Å². The second-order valence-corrected chi connectivity index (χ2v) is 7.74. The average molecular weight is 284 g/mol. The van der Waals surface area contributed by atoms with Gasteiger partial charge in [-0.3, -0.25) is 0 Å². The molecule has 1 aromatic rings. The zero-order valence-corrected chi connectivity index (χ0v) is 12.5. The van der Waals surface area contributed by atoms with Crippen molar-refractivity contribution < 1.29 is 13.2 Å². The number of anilines is 1. The highest BCUT2D eigenvalue weighted by Gasteiger charge is 2.13. The number of amides is 2. The number of urea groups is 1. The number of benzene rings is 1. The minimum atomic E-state index is -3.08. The van der Waals surface area contributed by atoms with Crippen LogP contribution in [-0.2, 0) is 15.6 Å². The van der Waals surface area contributed by atoms with E-state index >= 15 is 0 Å². The third-order valence-electron chi connectivity index (χ3n) is 2.10. The van der Waals surface area contributed by atoms with Crippen LogP contribution in [0.3, 0.4) is 0 Å². The summed E-state index contributed by atoms with van der Waals surface area (Å²) in [6.45, 7) is 5.64. The summed E-state index contributed by atoms with van der Waals surface area (Å²) in [6, 6.07) is 6.49. The average Bonchev–Trinajstić information content (AvgIpc) is 2.11. The summed E-state index contributed by atoms with van der Waals surface area (Å²) < 4.78 is 22.4. The Morgan fingerprint density at radius 2 is 1.89 bits per heavy atom. The van der Waals surface area contributed by atoms with Crippen LogP contribution in [0.2, 0.25) is 0 Å². The molecule has 0 saturated carbocycles. The van der Waals surface area contributed by atoms with Gasteiger partial charge < -0.3 is 10.6 Å². The maximum atomic E-state index is 11.7. The Morgan fingerprint density at radius 3 is 2.42 bits per heavy atom. The van der Waals surface area contributed by atoms with Gasteiger partial charge in [0.1, 0.15) is 0 Å². The lowest BCUT2D eigenvalue weighted by atomic mass is 10.1. The number of rotatable bonds is 3. The van der Waals surface area contributed by atoms with Crippen molar-refractivity contribution in [2.45, 2.75) is 32.1 Å². The topological polar surface area (TPSA) is 75.3 Å². The zero-order valence-electron chi connectivity index (χ0n) is 11.6. The molecule has 2 N–H and O–H groups in total. The summed E-state index contributed by atoms with van der Waals surface area (Å²) in [5, 5.41) is 5.45. The van der Waals surface area contributed by atoms with Gasteiger partial charge in [0.05, 0.1) is 5.75 Å². The van der Waals surface area contributed by atoms with E-state index in [1.54, 1.807) is 24.3 Å². The van der Waals surface area contributed by atoms with Crippen LogP contribution in [0.4, 0.5) is 10.5 Å². The molecule has 0 bridgehead atoms. The number of carbonyl (C=O) groups excluding carboxylic acids is 1. The van der Waals surface area contributed by atoms with Crippen molar-refractivity contribution in [2.75, 3.05) is 11.6 Å². The van der Waals surface area contributed by atoms with Crippen LogP contribution < -0.4 is 10.6 Å². The van der Waals surface area contributed by atoms with E-state index in [0.29, 0.717) is 11.3 Å². The van der Waals surface area contributed by atoms with E-state index in [2.05, 4.69) is 10.6 Å². The van der Waals surface area contributed by atoms with Gasteiger partial charge in [0.15, 0.2) is 9.84 Å². The molecule has 0 aromatic heterocycles. The summed E-state index contributed by atoms with van der Waals surface area (Å²) in [5.41, 5.74) is 0.896. The fourth-order valence-electron chi connectivity index (χ4n) is 1.54. The molecule has 0 heterocycles. The van der Waals surface area contributed by atoms with Gasteiger partial charge in [-0.2, -0.15) is 0 Å². The van der Waals surface area contributed by atoms with Crippen molar-refractivity contribution in [3.63, 3.8) is 0 Å². The molecule has 0 atom stereocenters. The van der Waals surface area contributed by atoms with Crippen molar-refractivity contribution in [3.05, 3.63) is 29.8 Å². The van der Waals surface area contributed by atoms with E-state index in [1.165, 1.54) is 6.26 Å². The Hall–Kier alpha value is -1.56. The summed E-state index contributed by atoms with van der Waals surface area (Å²) in [6.07, 6.45) is 1.18. The summed E-state index contributed by atoms with van der Waals surface area (Å²) >= 11 is 0. The molecule has 0 aliphatic heterocycles. The van der Waals surface area contributed by atoms with E-state index in [0.717, 1.165) is 0 Å². The van der Waals surface area contributed by atoms with E-state index in [1.807, 2.05) is 20.8 Å².